The van der Waals surface area contributed by atoms with Crippen LogP contribution in [0.3, 0.4) is 0 Å². The number of carbonyl (C=O) groups is 2. The molecule has 8 nitrogen and oxygen atoms in total. The van der Waals surface area contributed by atoms with Gasteiger partial charge in [0.1, 0.15) is 18.1 Å². The van der Waals surface area contributed by atoms with E-state index in [4.69, 9.17) is 9.52 Å². The number of aliphatic hydroxyl groups excluding tert-OH is 1. The van der Waals surface area contributed by atoms with Crippen molar-refractivity contribution in [2.75, 3.05) is 26.2 Å². The molecule has 0 saturated carbocycles. The van der Waals surface area contributed by atoms with E-state index < -0.39 is 0 Å². The van der Waals surface area contributed by atoms with Gasteiger partial charge in [-0.3, -0.25) is 14.5 Å². The molecule has 0 unspecified atom stereocenters. The second-order valence-corrected chi connectivity index (χ2v) is 7.56. The van der Waals surface area contributed by atoms with E-state index in [1.807, 2.05) is 24.8 Å². The van der Waals surface area contributed by atoms with Crippen LogP contribution in [0.2, 0.25) is 0 Å². The lowest BCUT2D eigenvalue weighted by Gasteiger charge is -2.37. The third-order valence-electron chi connectivity index (χ3n) is 5.87. The van der Waals surface area contributed by atoms with Gasteiger partial charge in [0.05, 0.1) is 12.6 Å². The molecule has 3 N–H and O–H groups in total. The Kier molecular flexibility index (Phi) is 7.09. The van der Waals surface area contributed by atoms with Crippen molar-refractivity contribution >= 4 is 11.8 Å². The highest BCUT2D eigenvalue weighted by molar-refractivity contribution is 5.83. The smallest absolute Gasteiger partial charge is 0.237 e. The molecular weight excluding hydrogens is 360 g/mol. The fraction of sp³-hybridized carbons (Fsp3) is 0.700. The molecule has 0 aliphatic carbocycles. The van der Waals surface area contributed by atoms with Gasteiger partial charge in [-0.15, -0.1) is 0 Å². The second kappa shape index (κ2) is 9.54. The zero-order valence-electron chi connectivity index (χ0n) is 16.8. The molecule has 156 valence electrons. The summed E-state index contributed by atoms with van der Waals surface area (Å²) in [6.07, 6.45) is 2.02. The van der Waals surface area contributed by atoms with Crippen LogP contribution < -0.4 is 10.6 Å². The van der Waals surface area contributed by atoms with Gasteiger partial charge in [0.15, 0.2) is 0 Å². The number of rotatable bonds is 9. The van der Waals surface area contributed by atoms with Crippen molar-refractivity contribution in [2.45, 2.75) is 64.4 Å². The zero-order chi connectivity index (χ0) is 20.1. The Morgan fingerprint density at radius 3 is 2.79 bits per heavy atom. The molecule has 0 radical (unpaired) electrons. The molecule has 3 atom stereocenters. The third kappa shape index (κ3) is 4.74. The van der Waals surface area contributed by atoms with Gasteiger partial charge >= 0.3 is 0 Å². The molecule has 2 fully saturated rings. The molecule has 2 amide bonds. The molecule has 0 spiro atoms. The van der Waals surface area contributed by atoms with E-state index in [1.165, 1.54) is 0 Å². The van der Waals surface area contributed by atoms with Crippen molar-refractivity contribution in [3.8, 4) is 0 Å². The number of amides is 2. The van der Waals surface area contributed by atoms with Crippen LogP contribution in [-0.4, -0.2) is 71.0 Å². The number of nitrogens with zero attached hydrogens (tertiary/aromatic N) is 2. The van der Waals surface area contributed by atoms with Crippen molar-refractivity contribution in [1.82, 2.24) is 20.4 Å². The van der Waals surface area contributed by atoms with E-state index in [0.717, 1.165) is 38.2 Å². The van der Waals surface area contributed by atoms with Gasteiger partial charge in [0.25, 0.3) is 0 Å². The summed E-state index contributed by atoms with van der Waals surface area (Å²) in [5, 5.41) is 15.6. The molecule has 0 bridgehead atoms. The summed E-state index contributed by atoms with van der Waals surface area (Å²) >= 11 is 0. The Labute approximate surface area is 166 Å². The first-order chi connectivity index (χ1) is 13.5. The van der Waals surface area contributed by atoms with Crippen LogP contribution >= 0.6 is 0 Å². The number of carbonyl (C=O) groups excluding carboxylic acids is 2. The third-order valence-corrected chi connectivity index (χ3v) is 5.87. The number of aliphatic hydroxyl groups is 1. The van der Waals surface area contributed by atoms with Crippen molar-refractivity contribution in [3.05, 3.63) is 23.7 Å². The first kappa shape index (κ1) is 20.8. The number of hydrogen-bond acceptors (Lipinski definition) is 6. The predicted octanol–water partition coefficient (Wildman–Crippen LogP) is 0.451. The topological polar surface area (TPSA) is 98.0 Å². The fourth-order valence-electron chi connectivity index (χ4n) is 4.26. The molecule has 0 aromatic carbocycles. The van der Waals surface area contributed by atoms with Crippen molar-refractivity contribution < 1.29 is 19.1 Å². The Hall–Kier alpha value is -1.90. The Balaban J connectivity index is 1.53. The SMILES string of the molecule is CCN(CC)C(=O)CC[C@H]1CNC(=O)[C@H]2C[C@H](NCc3ccc(CO)o3)CN12. The van der Waals surface area contributed by atoms with E-state index in [9.17, 15) is 9.59 Å². The number of furan rings is 1. The molecular formula is C20H32N4O4. The van der Waals surface area contributed by atoms with E-state index in [-0.39, 0.29) is 36.5 Å². The van der Waals surface area contributed by atoms with Gasteiger partial charge < -0.3 is 25.1 Å². The van der Waals surface area contributed by atoms with Crippen molar-refractivity contribution in [2.24, 2.45) is 0 Å². The molecule has 8 heteroatoms. The quantitative estimate of drug-likeness (QED) is 0.565. The van der Waals surface area contributed by atoms with E-state index in [0.29, 0.717) is 25.3 Å². The lowest BCUT2D eigenvalue weighted by Crippen LogP contribution is -2.58. The molecule has 1 aromatic heterocycles. The van der Waals surface area contributed by atoms with Crippen LogP contribution in [-0.2, 0) is 22.7 Å². The van der Waals surface area contributed by atoms with Crippen molar-refractivity contribution in [3.63, 3.8) is 0 Å². The Bertz CT molecular complexity index is 673. The molecule has 2 aliphatic heterocycles. The van der Waals surface area contributed by atoms with Crippen LogP contribution in [0, 0.1) is 0 Å². The van der Waals surface area contributed by atoms with E-state index >= 15 is 0 Å². The minimum absolute atomic E-state index is 0.0798. The van der Waals surface area contributed by atoms with Crippen LogP contribution in [0.5, 0.6) is 0 Å². The van der Waals surface area contributed by atoms with Crippen molar-refractivity contribution in [1.29, 1.82) is 0 Å². The summed E-state index contributed by atoms with van der Waals surface area (Å²) in [4.78, 5) is 28.8. The maximum Gasteiger partial charge on any atom is 0.237 e. The first-order valence-corrected chi connectivity index (χ1v) is 10.3. The predicted molar refractivity (Wildman–Crippen MR) is 104 cm³/mol. The van der Waals surface area contributed by atoms with Gasteiger partial charge in [-0.1, -0.05) is 0 Å². The first-order valence-electron chi connectivity index (χ1n) is 10.3. The standard InChI is InChI=1S/C20H32N4O4/c1-3-23(4-2)19(26)8-5-15-10-22-20(27)18-9-14(12-24(15)18)21-11-16-6-7-17(13-25)28-16/h6-7,14-15,18,21,25H,3-5,8-13H2,1-2H3,(H,22,27)/t14-,15-,18+/m0/s1. The Morgan fingerprint density at radius 2 is 2.11 bits per heavy atom. The molecule has 3 heterocycles. The summed E-state index contributed by atoms with van der Waals surface area (Å²) in [7, 11) is 0. The van der Waals surface area contributed by atoms with Crippen LogP contribution in [0.15, 0.2) is 16.5 Å². The highest BCUT2D eigenvalue weighted by Gasteiger charge is 2.43. The van der Waals surface area contributed by atoms with Gasteiger partial charge in [0.2, 0.25) is 11.8 Å². The maximum absolute atomic E-state index is 12.3. The van der Waals surface area contributed by atoms with Gasteiger partial charge in [-0.05, 0) is 38.8 Å². The van der Waals surface area contributed by atoms with Crippen LogP contribution in [0.25, 0.3) is 0 Å². The van der Waals surface area contributed by atoms with Crippen LogP contribution in [0.4, 0.5) is 0 Å². The summed E-state index contributed by atoms with van der Waals surface area (Å²) in [5.74, 6) is 1.60. The Morgan fingerprint density at radius 1 is 1.36 bits per heavy atom. The monoisotopic (exact) mass is 392 g/mol. The minimum Gasteiger partial charge on any atom is -0.462 e. The molecule has 1 aromatic rings. The second-order valence-electron chi connectivity index (χ2n) is 7.56. The molecule has 2 saturated heterocycles. The van der Waals surface area contributed by atoms with Gasteiger partial charge in [-0.2, -0.15) is 0 Å². The van der Waals surface area contributed by atoms with Gasteiger partial charge in [0, 0.05) is 44.7 Å². The number of nitrogens with one attached hydrogen (secondary N) is 2. The van der Waals surface area contributed by atoms with E-state index in [1.54, 1.807) is 6.07 Å². The number of piperazine rings is 1. The summed E-state index contributed by atoms with van der Waals surface area (Å²) in [5.41, 5.74) is 0. The normalized spacial score (nSPS) is 24.8. The highest BCUT2D eigenvalue weighted by atomic mass is 16.4. The average molecular weight is 393 g/mol. The molecule has 3 rings (SSSR count). The maximum atomic E-state index is 12.3. The zero-order valence-corrected chi connectivity index (χ0v) is 16.8. The number of fused-ring (bicyclic) bond motifs is 1. The highest BCUT2D eigenvalue weighted by Crippen LogP contribution is 2.26. The summed E-state index contributed by atoms with van der Waals surface area (Å²) in [6, 6.07) is 3.88. The summed E-state index contributed by atoms with van der Waals surface area (Å²) in [6.45, 7) is 7.32. The lowest BCUT2D eigenvalue weighted by molar-refractivity contribution is -0.132. The van der Waals surface area contributed by atoms with Crippen LogP contribution in [0.1, 0.15) is 44.6 Å². The lowest BCUT2D eigenvalue weighted by atomic mass is 10.0. The largest absolute Gasteiger partial charge is 0.462 e. The minimum atomic E-state index is -0.135. The van der Waals surface area contributed by atoms with E-state index in [2.05, 4.69) is 15.5 Å². The average Bonchev–Trinajstić information content (AvgIpc) is 3.34. The molecule has 28 heavy (non-hydrogen) atoms. The molecule has 2 aliphatic rings. The summed E-state index contributed by atoms with van der Waals surface area (Å²) < 4.78 is 5.51. The fourth-order valence-corrected chi connectivity index (χ4v) is 4.26. The van der Waals surface area contributed by atoms with Gasteiger partial charge in [-0.25, -0.2) is 0 Å². The number of hydrogen-bond donors (Lipinski definition) is 3.